The standard InChI is InChI=1S/C14H22O4S/c1-2-3-4-5-6-7-8-12-9-10-14(13(15)11-12)19(16,17)18/h9-11,15H,2-8H2,1H3,(H,16,17,18). The van der Waals surface area contributed by atoms with E-state index >= 15 is 0 Å². The first kappa shape index (κ1) is 16.0. The number of phenols is 1. The minimum Gasteiger partial charge on any atom is -0.506 e. The molecule has 5 heteroatoms. The third-order valence-electron chi connectivity index (χ3n) is 3.12. The molecule has 0 bridgehead atoms. The van der Waals surface area contributed by atoms with Crippen molar-refractivity contribution in [1.29, 1.82) is 0 Å². The Morgan fingerprint density at radius 3 is 2.26 bits per heavy atom. The molecule has 0 amide bonds. The summed E-state index contributed by atoms with van der Waals surface area (Å²) in [5.74, 6) is -0.383. The number of aromatic hydroxyl groups is 1. The van der Waals surface area contributed by atoms with Crippen molar-refractivity contribution in [2.75, 3.05) is 0 Å². The Hall–Kier alpha value is -1.07. The van der Waals surface area contributed by atoms with Gasteiger partial charge in [0.2, 0.25) is 0 Å². The summed E-state index contributed by atoms with van der Waals surface area (Å²) < 4.78 is 30.7. The molecule has 0 saturated heterocycles. The molecular formula is C14H22O4S. The Morgan fingerprint density at radius 1 is 1.05 bits per heavy atom. The number of phenolic OH excluding ortho intramolecular Hbond substituents is 1. The van der Waals surface area contributed by atoms with E-state index in [1.807, 2.05) is 0 Å². The van der Waals surface area contributed by atoms with Crippen LogP contribution >= 0.6 is 0 Å². The van der Waals surface area contributed by atoms with Crippen molar-refractivity contribution in [1.82, 2.24) is 0 Å². The second-order valence-corrected chi connectivity index (χ2v) is 6.18. The van der Waals surface area contributed by atoms with Gasteiger partial charge in [-0.1, -0.05) is 45.1 Å². The minimum absolute atomic E-state index is 0.383. The monoisotopic (exact) mass is 286 g/mol. The first-order valence-corrected chi connectivity index (χ1v) is 8.18. The van der Waals surface area contributed by atoms with Crippen LogP contribution in [0.1, 0.15) is 51.0 Å². The molecule has 0 aliphatic rings. The fourth-order valence-electron chi connectivity index (χ4n) is 2.05. The summed E-state index contributed by atoms with van der Waals surface area (Å²) in [5.41, 5.74) is 0.889. The Morgan fingerprint density at radius 2 is 1.68 bits per heavy atom. The summed E-state index contributed by atoms with van der Waals surface area (Å²) in [6.07, 6.45) is 7.93. The van der Waals surface area contributed by atoms with Gasteiger partial charge >= 0.3 is 0 Å². The number of benzene rings is 1. The topological polar surface area (TPSA) is 74.6 Å². The van der Waals surface area contributed by atoms with Gasteiger partial charge in [0.25, 0.3) is 10.1 Å². The number of unbranched alkanes of at least 4 members (excludes halogenated alkanes) is 5. The van der Waals surface area contributed by atoms with E-state index in [1.54, 1.807) is 6.07 Å². The van der Waals surface area contributed by atoms with Crippen LogP contribution in [0.15, 0.2) is 23.1 Å². The number of hydrogen-bond donors (Lipinski definition) is 2. The van der Waals surface area contributed by atoms with Crippen LogP contribution in [0.5, 0.6) is 5.75 Å². The maximum Gasteiger partial charge on any atom is 0.298 e. The fraction of sp³-hybridized carbons (Fsp3) is 0.571. The molecule has 108 valence electrons. The summed E-state index contributed by atoms with van der Waals surface area (Å²) in [4.78, 5) is -0.431. The molecule has 0 aliphatic carbocycles. The maximum atomic E-state index is 10.9. The molecule has 0 unspecified atom stereocenters. The molecular weight excluding hydrogens is 264 g/mol. The Balaban J connectivity index is 2.46. The quantitative estimate of drug-likeness (QED) is 0.566. The zero-order chi connectivity index (χ0) is 14.3. The van der Waals surface area contributed by atoms with Gasteiger partial charge in [0.05, 0.1) is 0 Å². The summed E-state index contributed by atoms with van der Waals surface area (Å²) in [6, 6.07) is 4.29. The van der Waals surface area contributed by atoms with Crippen LogP contribution in [-0.2, 0) is 16.5 Å². The zero-order valence-corrected chi connectivity index (χ0v) is 12.1. The average molecular weight is 286 g/mol. The minimum atomic E-state index is -4.34. The lowest BCUT2D eigenvalue weighted by atomic mass is 10.0. The summed E-state index contributed by atoms with van der Waals surface area (Å²) in [7, 11) is -4.34. The average Bonchev–Trinajstić information content (AvgIpc) is 2.32. The molecule has 19 heavy (non-hydrogen) atoms. The van der Waals surface area contributed by atoms with E-state index in [1.165, 1.54) is 37.8 Å². The van der Waals surface area contributed by atoms with Gasteiger partial charge < -0.3 is 5.11 Å². The number of hydrogen-bond acceptors (Lipinski definition) is 3. The van der Waals surface area contributed by atoms with E-state index in [2.05, 4.69) is 6.92 Å². The Kier molecular flexibility index (Phi) is 6.31. The van der Waals surface area contributed by atoms with Crippen LogP contribution < -0.4 is 0 Å². The Labute approximate surface area is 115 Å². The van der Waals surface area contributed by atoms with Crippen molar-refractivity contribution in [3.05, 3.63) is 23.8 Å². The van der Waals surface area contributed by atoms with Crippen LogP contribution in [0.25, 0.3) is 0 Å². The predicted molar refractivity (Wildman–Crippen MR) is 75.0 cm³/mol. The number of aryl methyl sites for hydroxylation is 1. The maximum absolute atomic E-state index is 10.9. The highest BCUT2D eigenvalue weighted by Crippen LogP contribution is 2.24. The van der Waals surface area contributed by atoms with Crippen LogP contribution in [0, 0.1) is 0 Å². The lowest BCUT2D eigenvalue weighted by Gasteiger charge is -2.05. The van der Waals surface area contributed by atoms with Gasteiger partial charge in [0.15, 0.2) is 0 Å². The third kappa shape index (κ3) is 5.61. The fourth-order valence-corrected chi connectivity index (χ4v) is 2.61. The first-order valence-electron chi connectivity index (χ1n) is 6.74. The van der Waals surface area contributed by atoms with Crippen LogP contribution in [-0.4, -0.2) is 18.1 Å². The van der Waals surface area contributed by atoms with E-state index < -0.39 is 15.0 Å². The molecule has 2 N–H and O–H groups in total. The lowest BCUT2D eigenvalue weighted by Crippen LogP contribution is -1.99. The Bertz CT molecular complexity index is 494. The molecule has 0 radical (unpaired) electrons. The molecule has 4 nitrogen and oxygen atoms in total. The molecule has 0 spiro atoms. The van der Waals surface area contributed by atoms with E-state index in [0.29, 0.717) is 0 Å². The van der Waals surface area contributed by atoms with Gasteiger partial charge in [-0.25, -0.2) is 0 Å². The molecule has 1 aromatic rings. The molecule has 0 heterocycles. The van der Waals surface area contributed by atoms with Crippen LogP contribution in [0.2, 0.25) is 0 Å². The molecule has 0 aromatic heterocycles. The largest absolute Gasteiger partial charge is 0.506 e. The molecule has 1 rings (SSSR count). The first-order chi connectivity index (χ1) is 8.95. The van der Waals surface area contributed by atoms with Gasteiger partial charge in [-0.15, -0.1) is 0 Å². The normalized spacial score (nSPS) is 11.7. The van der Waals surface area contributed by atoms with Crippen molar-refractivity contribution in [2.24, 2.45) is 0 Å². The number of rotatable bonds is 8. The predicted octanol–water partition coefficient (Wildman–Crippen LogP) is 3.54. The third-order valence-corrected chi connectivity index (χ3v) is 4.02. The van der Waals surface area contributed by atoms with E-state index in [4.69, 9.17) is 4.55 Å². The second kappa shape index (κ2) is 7.50. The second-order valence-electron chi connectivity index (χ2n) is 4.79. The van der Waals surface area contributed by atoms with Gasteiger partial charge in [-0.05, 0) is 30.5 Å². The highest BCUT2D eigenvalue weighted by molar-refractivity contribution is 7.86. The molecule has 0 fully saturated rings. The zero-order valence-electron chi connectivity index (χ0n) is 11.3. The van der Waals surface area contributed by atoms with Crippen molar-refractivity contribution >= 4 is 10.1 Å². The smallest absolute Gasteiger partial charge is 0.298 e. The van der Waals surface area contributed by atoms with Gasteiger partial charge in [0.1, 0.15) is 10.6 Å². The van der Waals surface area contributed by atoms with E-state index in [-0.39, 0.29) is 5.75 Å². The highest BCUT2D eigenvalue weighted by Gasteiger charge is 2.15. The molecule has 0 aliphatic heterocycles. The summed E-state index contributed by atoms with van der Waals surface area (Å²) in [5, 5.41) is 9.56. The molecule has 0 saturated carbocycles. The SMILES string of the molecule is CCCCCCCCc1ccc(S(=O)(=O)O)c(O)c1. The lowest BCUT2D eigenvalue weighted by molar-refractivity contribution is 0.442. The van der Waals surface area contributed by atoms with Crippen molar-refractivity contribution in [3.63, 3.8) is 0 Å². The van der Waals surface area contributed by atoms with Crippen molar-refractivity contribution in [2.45, 2.75) is 56.8 Å². The van der Waals surface area contributed by atoms with Crippen molar-refractivity contribution < 1.29 is 18.1 Å². The van der Waals surface area contributed by atoms with Gasteiger partial charge in [0, 0.05) is 0 Å². The van der Waals surface area contributed by atoms with Crippen molar-refractivity contribution in [3.8, 4) is 5.75 Å². The van der Waals surface area contributed by atoms with Crippen LogP contribution in [0.3, 0.4) is 0 Å². The summed E-state index contributed by atoms with van der Waals surface area (Å²) >= 11 is 0. The molecule has 1 aromatic carbocycles. The van der Waals surface area contributed by atoms with E-state index in [0.717, 1.165) is 24.8 Å². The van der Waals surface area contributed by atoms with Gasteiger partial charge in [-0.3, -0.25) is 4.55 Å². The van der Waals surface area contributed by atoms with E-state index in [9.17, 15) is 13.5 Å². The summed E-state index contributed by atoms with van der Waals surface area (Å²) in [6.45, 7) is 2.18. The van der Waals surface area contributed by atoms with Gasteiger partial charge in [-0.2, -0.15) is 8.42 Å². The van der Waals surface area contributed by atoms with Crippen LogP contribution in [0.4, 0.5) is 0 Å². The molecule has 0 atom stereocenters. The highest BCUT2D eigenvalue weighted by atomic mass is 32.2.